The predicted molar refractivity (Wildman–Crippen MR) is 146 cm³/mol. The first-order chi connectivity index (χ1) is 17.3. The molecule has 2 N–H and O–H groups in total. The molecule has 0 aliphatic heterocycles. The lowest BCUT2D eigenvalue weighted by molar-refractivity contribution is 0.0977. The number of rotatable bonds is 7. The van der Waals surface area contributed by atoms with E-state index >= 15 is 0 Å². The molecule has 4 rings (SSSR count). The Morgan fingerprint density at radius 2 is 1.81 bits per heavy atom. The lowest BCUT2D eigenvalue weighted by atomic mass is 9.98. The number of fused-ring (bicyclic) bond motifs is 1. The van der Waals surface area contributed by atoms with Gasteiger partial charge in [0.2, 0.25) is 5.89 Å². The molecule has 0 aliphatic carbocycles. The van der Waals surface area contributed by atoms with E-state index in [4.69, 9.17) is 37.7 Å². The summed E-state index contributed by atoms with van der Waals surface area (Å²) in [5, 5.41) is 6.13. The van der Waals surface area contributed by atoms with Gasteiger partial charge in [0.15, 0.2) is 10.7 Å². The van der Waals surface area contributed by atoms with Gasteiger partial charge in [-0.3, -0.25) is 10.1 Å². The molecule has 36 heavy (non-hydrogen) atoms. The molecule has 7 nitrogen and oxygen atoms in total. The Balaban J connectivity index is 1.53. The molecule has 1 heterocycles. The Hall–Kier alpha value is -3.62. The van der Waals surface area contributed by atoms with E-state index in [1.165, 1.54) is 19.8 Å². The van der Waals surface area contributed by atoms with E-state index in [2.05, 4.69) is 41.6 Å². The lowest BCUT2D eigenvalue weighted by Gasteiger charge is -2.13. The Kier molecular flexibility index (Phi) is 7.76. The van der Waals surface area contributed by atoms with Gasteiger partial charge < -0.3 is 19.2 Å². The van der Waals surface area contributed by atoms with E-state index < -0.39 is 5.91 Å². The monoisotopic (exact) mass is 523 g/mol. The van der Waals surface area contributed by atoms with Crippen LogP contribution in [0.5, 0.6) is 11.5 Å². The summed E-state index contributed by atoms with van der Waals surface area (Å²) in [5.74, 6) is 1.46. The van der Waals surface area contributed by atoms with Crippen molar-refractivity contribution in [2.75, 3.05) is 19.5 Å². The molecule has 0 saturated heterocycles. The molecule has 0 fully saturated rings. The van der Waals surface area contributed by atoms with Gasteiger partial charge >= 0.3 is 0 Å². The normalized spacial score (nSPS) is 11.7. The number of ether oxygens (including phenoxy) is 2. The van der Waals surface area contributed by atoms with E-state index in [1.54, 1.807) is 30.3 Å². The van der Waals surface area contributed by atoms with Crippen molar-refractivity contribution in [3.8, 4) is 23.0 Å². The highest BCUT2D eigenvalue weighted by Gasteiger charge is 2.15. The molecule has 1 amide bonds. The SMILES string of the molecule is CC[C@@H](C)c1ccc2oc(-c3ccc(Cl)c(NC(=S)NC(=O)c4cc(OC)cc(OC)c4)c3)nc2c1. The van der Waals surface area contributed by atoms with Crippen molar-refractivity contribution in [2.45, 2.75) is 26.2 Å². The number of carbonyl (C=O) groups is 1. The number of methoxy groups -OCH3 is 2. The van der Waals surface area contributed by atoms with Crippen molar-refractivity contribution in [3.63, 3.8) is 0 Å². The first kappa shape index (κ1) is 25.5. The molecule has 0 bridgehead atoms. The highest BCUT2D eigenvalue weighted by atomic mass is 35.5. The lowest BCUT2D eigenvalue weighted by Crippen LogP contribution is -2.34. The van der Waals surface area contributed by atoms with Crippen LogP contribution >= 0.6 is 23.8 Å². The number of thiocarbonyl (C=S) groups is 1. The zero-order valence-corrected chi connectivity index (χ0v) is 21.9. The molecule has 1 atom stereocenters. The number of anilines is 1. The number of oxazole rings is 1. The summed E-state index contributed by atoms with van der Waals surface area (Å²) in [6.07, 6.45) is 1.05. The highest BCUT2D eigenvalue weighted by molar-refractivity contribution is 7.80. The standard InChI is InChI=1S/C27H26ClN3O4S/c1-5-15(2)16-7-9-24-23(12-16)29-26(35-24)17-6-8-21(28)22(13-17)30-27(36)31-25(32)18-10-19(33-3)14-20(11-18)34-4/h6-15H,5H2,1-4H3,(H2,30,31,32,36)/t15-/m1/s1. The molecule has 0 aliphatic rings. The molecular weight excluding hydrogens is 498 g/mol. The molecule has 0 unspecified atom stereocenters. The van der Waals surface area contributed by atoms with Crippen LogP contribution in [-0.4, -0.2) is 30.2 Å². The summed E-state index contributed by atoms with van der Waals surface area (Å²) >= 11 is 11.7. The number of hydrogen-bond donors (Lipinski definition) is 2. The molecule has 4 aromatic rings. The topological polar surface area (TPSA) is 85.6 Å². The fourth-order valence-electron chi connectivity index (χ4n) is 3.63. The molecule has 0 spiro atoms. The minimum atomic E-state index is -0.423. The minimum absolute atomic E-state index is 0.0802. The maximum absolute atomic E-state index is 12.7. The molecule has 3 aromatic carbocycles. The zero-order chi connectivity index (χ0) is 25.8. The fourth-order valence-corrected chi connectivity index (χ4v) is 4.00. The first-order valence-electron chi connectivity index (χ1n) is 11.4. The minimum Gasteiger partial charge on any atom is -0.497 e. The summed E-state index contributed by atoms with van der Waals surface area (Å²) in [4.78, 5) is 17.4. The third-order valence-corrected chi connectivity index (χ3v) is 6.43. The summed E-state index contributed by atoms with van der Waals surface area (Å²) in [5.41, 5.74) is 4.28. The Morgan fingerprint density at radius 3 is 2.47 bits per heavy atom. The predicted octanol–water partition coefficient (Wildman–Crippen LogP) is 6.81. The molecular formula is C27H26ClN3O4S. The maximum atomic E-state index is 12.7. The number of nitrogens with one attached hydrogen (secondary N) is 2. The van der Waals surface area contributed by atoms with Gasteiger partial charge in [0.05, 0.1) is 24.9 Å². The summed E-state index contributed by atoms with van der Waals surface area (Å²) in [7, 11) is 3.03. The van der Waals surface area contributed by atoms with Gasteiger partial charge in [-0.05, 0) is 72.6 Å². The van der Waals surface area contributed by atoms with Crippen LogP contribution in [0.25, 0.3) is 22.6 Å². The van der Waals surface area contributed by atoms with Gasteiger partial charge in [-0.1, -0.05) is 31.5 Å². The van der Waals surface area contributed by atoms with Gasteiger partial charge in [-0.2, -0.15) is 0 Å². The third-order valence-electron chi connectivity index (χ3n) is 5.90. The van der Waals surface area contributed by atoms with E-state index in [1.807, 2.05) is 12.1 Å². The van der Waals surface area contributed by atoms with Crippen LogP contribution < -0.4 is 20.1 Å². The number of benzene rings is 3. The molecule has 0 radical (unpaired) electrons. The molecule has 1 aromatic heterocycles. The second-order valence-electron chi connectivity index (χ2n) is 8.26. The maximum Gasteiger partial charge on any atom is 0.257 e. The number of nitrogens with zero attached hydrogens (tertiary/aromatic N) is 1. The van der Waals surface area contributed by atoms with Gasteiger partial charge in [-0.15, -0.1) is 0 Å². The highest BCUT2D eigenvalue weighted by Crippen LogP contribution is 2.32. The summed E-state index contributed by atoms with van der Waals surface area (Å²) in [6, 6.07) is 16.2. The smallest absolute Gasteiger partial charge is 0.257 e. The summed E-state index contributed by atoms with van der Waals surface area (Å²) < 4.78 is 16.4. The van der Waals surface area contributed by atoms with Crippen LogP contribution in [0.4, 0.5) is 5.69 Å². The van der Waals surface area contributed by atoms with E-state index in [0.717, 1.165) is 17.5 Å². The Labute approximate surface area is 219 Å². The second kappa shape index (κ2) is 11.0. The zero-order valence-electron chi connectivity index (χ0n) is 20.3. The van der Waals surface area contributed by atoms with Crippen molar-refractivity contribution in [1.82, 2.24) is 10.3 Å². The average molecular weight is 524 g/mol. The molecule has 0 saturated carbocycles. The van der Waals surface area contributed by atoms with Crippen LogP contribution in [0.15, 0.2) is 59.0 Å². The largest absolute Gasteiger partial charge is 0.497 e. The van der Waals surface area contributed by atoms with Crippen molar-refractivity contribution >= 4 is 51.6 Å². The van der Waals surface area contributed by atoms with Crippen molar-refractivity contribution < 1.29 is 18.7 Å². The van der Waals surface area contributed by atoms with Crippen molar-refractivity contribution in [1.29, 1.82) is 0 Å². The van der Waals surface area contributed by atoms with Crippen LogP contribution in [0.2, 0.25) is 5.02 Å². The van der Waals surface area contributed by atoms with E-state index in [0.29, 0.717) is 45.2 Å². The summed E-state index contributed by atoms with van der Waals surface area (Å²) in [6.45, 7) is 4.34. The Bertz CT molecular complexity index is 1410. The van der Waals surface area contributed by atoms with Gasteiger partial charge in [0, 0.05) is 17.2 Å². The number of amides is 1. The number of hydrogen-bond acceptors (Lipinski definition) is 6. The van der Waals surface area contributed by atoms with Crippen LogP contribution in [-0.2, 0) is 0 Å². The van der Waals surface area contributed by atoms with E-state index in [9.17, 15) is 4.79 Å². The van der Waals surface area contributed by atoms with Crippen molar-refractivity contribution in [2.24, 2.45) is 0 Å². The number of aromatic nitrogens is 1. The van der Waals surface area contributed by atoms with Gasteiger partial charge in [0.25, 0.3) is 5.91 Å². The third kappa shape index (κ3) is 5.61. The quantitative estimate of drug-likeness (QED) is 0.257. The van der Waals surface area contributed by atoms with Crippen LogP contribution in [0.1, 0.15) is 42.1 Å². The average Bonchev–Trinajstić information content (AvgIpc) is 3.32. The fraction of sp³-hybridized carbons (Fsp3) is 0.222. The molecule has 9 heteroatoms. The van der Waals surface area contributed by atoms with Crippen LogP contribution in [0.3, 0.4) is 0 Å². The van der Waals surface area contributed by atoms with Crippen LogP contribution in [0, 0.1) is 0 Å². The van der Waals surface area contributed by atoms with Gasteiger partial charge in [-0.25, -0.2) is 4.98 Å². The number of halogens is 1. The Morgan fingerprint density at radius 1 is 1.08 bits per heavy atom. The second-order valence-corrected chi connectivity index (χ2v) is 9.08. The van der Waals surface area contributed by atoms with E-state index in [-0.39, 0.29) is 5.11 Å². The van der Waals surface area contributed by atoms with Crippen molar-refractivity contribution in [3.05, 3.63) is 70.7 Å². The molecule has 186 valence electrons. The number of carbonyl (C=O) groups excluding carboxylic acids is 1. The first-order valence-corrected chi connectivity index (χ1v) is 12.2. The van der Waals surface area contributed by atoms with Gasteiger partial charge in [0.1, 0.15) is 17.0 Å².